The topological polar surface area (TPSA) is 52.4 Å². The van der Waals surface area contributed by atoms with Crippen molar-refractivity contribution in [2.24, 2.45) is 0 Å². The van der Waals surface area contributed by atoms with Gasteiger partial charge in [0.2, 0.25) is 0 Å². The largest absolute Gasteiger partial charge is 0.487 e. The van der Waals surface area contributed by atoms with E-state index in [0.29, 0.717) is 12.4 Å². The Kier molecular flexibility index (Phi) is 5.25. The lowest BCUT2D eigenvalue weighted by Crippen LogP contribution is -2.01. The van der Waals surface area contributed by atoms with Crippen LogP contribution in [0, 0.1) is 10.1 Å². The highest BCUT2D eigenvalue weighted by Crippen LogP contribution is 2.28. The van der Waals surface area contributed by atoms with E-state index in [2.05, 4.69) is 15.9 Å². The summed E-state index contributed by atoms with van der Waals surface area (Å²) < 4.78 is 5.37. The predicted octanol–water partition coefficient (Wildman–Crippen LogP) is 3.32. The lowest BCUT2D eigenvalue weighted by molar-refractivity contribution is -0.385. The lowest BCUT2D eigenvalue weighted by Gasteiger charge is -2.06. The fourth-order valence-corrected chi connectivity index (χ4v) is 1.51. The molecule has 0 aliphatic rings. The van der Waals surface area contributed by atoms with E-state index in [9.17, 15) is 10.1 Å². The van der Waals surface area contributed by atoms with Crippen LogP contribution in [0.15, 0.2) is 18.2 Å². The standard InChI is InChI=1S/C11H14BrNO3/c1-2-9-4-5-11(16-7-3-6-12)10(8-9)13(14)15/h4-5,8H,2-3,6-7H2,1H3. The van der Waals surface area contributed by atoms with Gasteiger partial charge in [0, 0.05) is 11.4 Å². The van der Waals surface area contributed by atoms with Crippen LogP contribution in [-0.4, -0.2) is 16.9 Å². The Morgan fingerprint density at radius 3 is 2.81 bits per heavy atom. The first-order chi connectivity index (χ1) is 7.69. The molecule has 0 N–H and O–H groups in total. The number of nitrogens with zero attached hydrogens (tertiary/aromatic N) is 1. The quantitative estimate of drug-likeness (QED) is 0.349. The Morgan fingerprint density at radius 2 is 2.25 bits per heavy atom. The van der Waals surface area contributed by atoms with Crippen molar-refractivity contribution < 1.29 is 9.66 Å². The van der Waals surface area contributed by atoms with Gasteiger partial charge in [0.05, 0.1) is 11.5 Å². The molecule has 0 saturated heterocycles. The monoisotopic (exact) mass is 287 g/mol. The normalized spacial score (nSPS) is 10.1. The average Bonchev–Trinajstić information content (AvgIpc) is 2.29. The number of halogens is 1. The van der Waals surface area contributed by atoms with Crippen LogP contribution in [0.25, 0.3) is 0 Å². The Labute approximate surface area is 103 Å². The van der Waals surface area contributed by atoms with E-state index in [1.165, 1.54) is 0 Å². The third-order valence-corrected chi connectivity index (χ3v) is 2.72. The number of nitro benzene ring substituents is 1. The molecule has 16 heavy (non-hydrogen) atoms. The second kappa shape index (κ2) is 6.48. The smallest absolute Gasteiger partial charge is 0.311 e. The Bertz CT molecular complexity index is 368. The van der Waals surface area contributed by atoms with E-state index in [-0.39, 0.29) is 5.69 Å². The number of hydrogen-bond donors (Lipinski definition) is 0. The molecule has 0 fully saturated rings. The van der Waals surface area contributed by atoms with E-state index in [4.69, 9.17) is 4.74 Å². The summed E-state index contributed by atoms with van der Waals surface area (Å²) >= 11 is 3.28. The molecule has 1 aromatic rings. The maximum Gasteiger partial charge on any atom is 0.311 e. The molecule has 1 rings (SSSR count). The summed E-state index contributed by atoms with van der Waals surface area (Å²) in [5.41, 5.74) is 0.994. The maximum atomic E-state index is 10.8. The van der Waals surface area contributed by atoms with Crippen molar-refractivity contribution >= 4 is 21.6 Å². The zero-order valence-corrected chi connectivity index (χ0v) is 10.7. The molecule has 4 nitrogen and oxygen atoms in total. The van der Waals surface area contributed by atoms with E-state index in [1.807, 2.05) is 13.0 Å². The molecule has 1 aromatic carbocycles. The summed E-state index contributed by atoms with van der Waals surface area (Å²) in [6.45, 7) is 2.45. The number of alkyl halides is 1. The summed E-state index contributed by atoms with van der Waals surface area (Å²) in [5, 5.41) is 11.7. The first kappa shape index (κ1) is 13.0. The van der Waals surface area contributed by atoms with Gasteiger partial charge < -0.3 is 4.74 Å². The third-order valence-electron chi connectivity index (χ3n) is 2.16. The number of ether oxygens (including phenoxy) is 1. The van der Waals surface area contributed by atoms with Gasteiger partial charge >= 0.3 is 5.69 Å². The van der Waals surface area contributed by atoms with Crippen LogP contribution in [0.1, 0.15) is 18.9 Å². The highest BCUT2D eigenvalue weighted by molar-refractivity contribution is 9.09. The van der Waals surface area contributed by atoms with Crippen molar-refractivity contribution in [3.8, 4) is 5.75 Å². The van der Waals surface area contributed by atoms with E-state index < -0.39 is 4.92 Å². The molecule has 0 aliphatic carbocycles. The van der Waals surface area contributed by atoms with E-state index >= 15 is 0 Å². The first-order valence-corrected chi connectivity index (χ1v) is 6.27. The molecular formula is C11H14BrNO3. The average molecular weight is 288 g/mol. The number of hydrogen-bond acceptors (Lipinski definition) is 3. The van der Waals surface area contributed by atoms with Crippen molar-refractivity contribution in [3.63, 3.8) is 0 Å². The summed E-state index contributed by atoms with van der Waals surface area (Å²) in [4.78, 5) is 10.4. The minimum Gasteiger partial charge on any atom is -0.487 e. The molecule has 0 radical (unpaired) electrons. The maximum absolute atomic E-state index is 10.8. The van der Waals surface area contributed by atoms with Gasteiger partial charge in [0.25, 0.3) is 0 Å². The van der Waals surface area contributed by atoms with Crippen molar-refractivity contribution in [2.45, 2.75) is 19.8 Å². The number of aryl methyl sites for hydroxylation is 1. The SMILES string of the molecule is CCc1ccc(OCCCBr)c([N+](=O)[O-])c1. The molecule has 88 valence electrons. The molecule has 0 aliphatic heterocycles. The van der Waals surface area contributed by atoms with Crippen molar-refractivity contribution in [1.82, 2.24) is 0 Å². The Hall–Kier alpha value is -1.10. The summed E-state index contributed by atoms with van der Waals surface area (Å²) in [7, 11) is 0. The van der Waals surface area contributed by atoms with Crippen LogP contribution in [-0.2, 0) is 6.42 Å². The van der Waals surface area contributed by atoms with Gasteiger partial charge in [-0.3, -0.25) is 10.1 Å². The third kappa shape index (κ3) is 3.48. The zero-order valence-electron chi connectivity index (χ0n) is 9.11. The van der Waals surface area contributed by atoms with Crippen molar-refractivity contribution in [3.05, 3.63) is 33.9 Å². The highest BCUT2D eigenvalue weighted by atomic mass is 79.9. The molecular weight excluding hydrogens is 274 g/mol. The summed E-state index contributed by atoms with van der Waals surface area (Å²) in [6.07, 6.45) is 1.61. The molecule has 5 heteroatoms. The van der Waals surface area contributed by atoms with E-state index in [0.717, 1.165) is 23.7 Å². The van der Waals surface area contributed by atoms with Gasteiger partial charge in [-0.15, -0.1) is 0 Å². The van der Waals surface area contributed by atoms with Crippen LogP contribution in [0.2, 0.25) is 0 Å². The molecule has 0 unspecified atom stereocenters. The fourth-order valence-electron chi connectivity index (χ4n) is 1.28. The Morgan fingerprint density at radius 1 is 1.50 bits per heavy atom. The van der Waals surface area contributed by atoms with Crippen LogP contribution in [0.3, 0.4) is 0 Å². The van der Waals surface area contributed by atoms with Gasteiger partial charge in [0.1, 0.15) is 0 Å². The van der Waals surface area contributed by atoms with Gasteiger partial charge in [-0.05, 0) is 24.5 Å². The van der Waals surface area contributed by atoms with Crippen molar-refractivity contribution in [1.29, 1.82) is 0 Å². The van der Waals surface area contributed by atoms with Gasteiger partial charge in [-0.25, -0.2) is 0 Å². The summed E-state index contributed by atoms with van der Waals surface area (Å²) in [5.74, 6) is 0.350. The molecule has 0 atom stereocenters. The highest BCUT2D eigenvalue weighted by Gasteiger charge is 2.15. The molecule has 0 heterocycles. The second-order valence-electron chi connectivity index (χ2n) is 3.30. The first-order valence-electron chi connectivity index (χ1n) is 5.15. The fraction of sp³-hybridized carbons (Fsp3) is 0.455. The van der Waals surface area contributed by atoms with Crippen LogP contribution < -0.4 is 4.74 Å². The van der Waals surface area contributed by atoms with Gasteiger partial charge in [-0.1, -0.05) is 28.9 Å². The molecule has 0 amide bonds. The van der Waals surface area contributed by atoms with Crippen LogP contribution >= 0.6 is 15.9 Å². The second-order valence-corrected chi connectivity index (χ2v) is 4.10. The Balaban J connectivity index is 2.85. The molecule has 0 bridgehead atoms. The zero-order chi connectivity index (χ0) is 12.0. The number of nitro groups is 1. The summed E-state index contributed by atoms with van der Waals surface area (Å²) in [6, 6.07) is 5.10. The molecule has 0 spiro atoms. The number of benzene rings is 1. The van der Waals surface area contributed by atoms with Crippen molar-refractivity contribution in [2.75, 3.05) is 11.9 Å². The molecule has 0 saturated carbocycles. The van der Waals surface area contributed by atoms with Gasteiger partial charge in [0.15, 0.2) is 5.75 Å². The lowest BCUT2D eigenvalue weighted by atomic mass is 10.1. The van der Waals surface area contributed by atoms with Crippen LogP contribution in [0.4, 0.5) is 5.69 Å². The predicted molar refractivity (Wildman–Crippen MR) is 66.4 cm³/mol. The van der Waals surface area contributed by atoms with Crippen LogP contribution in [0.5, 0.6) is 5.75 Å². The van der Waals surface area contributed by atoms with E-state index in [1.54, 1.807) is 12.1 Å². The minimum atomic E-state index is -0.400. The van der Waals surface area contributed by atoms with Gasteiger partial charge in [-0.2, -0.15) is 0 Å². The number of rotatable bonds is 6. The molecule has 0 aromatic heterocycles. The minimum absolute atomic E-state index is 0.0499.